The fraction of sp³-hybridized carbons (Fsp3) is 0.778. The van der Waals surface area contributed by atoms with Crippen LogP contribution in [0.3, 0.4) is 0 Å². The molecule has 0 aromatic heterocycles. The van der Waals surface area contributed by atoms with E-state index in [0.717, 1.165) is 19.5 Å². The van der Waals surface area contributed by atoms with E-state index >= 15 is 0 Å². The molecule has 1 saturated carbocycles. The summed E-state index contributed by atoms with van der Waals surface area (Å²) in [4.78, 5) is 0. The van der Waals surface area contributed by atoms with Crippen LogP contribution in [0.1, 0.15) is 26.2 Å². The van der Waals surface area contributed by atoms with E-state index in [1.807, 2.05) is 0 Å². The molecule has 0 spiro atoms. The van der Waals surface area contributed by atoms with E-state index in [1.165, 1.54) is 12.8 Å². The van der Waals surface area contributed by atoms with Gasteiger partial charge in [0.25, 0.3) is 0 Å². The van der Waals surface area contributed by atoms with Crippen molar-refractivity contribution in [2.24, 2.45) is 5.41 Å². The largest absolute Gasteiger partial charge is 0.315 e. The molecule has 1 N–H and O–H groups in total. The van der Waals surface area contributed by atoms with Crippen molar-refractivity contribution in [2.45, 2.75) is 26.2 Å². The monoisotopic (exact) mass is 137 g/mol. The number of rotatable bonds is 4. The zero-order valence-electron chi connectivity index (χ0n) is 6.61. The molecule has 1 rings (SSSR count). The quantitative estimate of drug-likeness (QED) is 0.456. The van der Waals surface area contributed by atoms with Gasteiger partial charge in [0.05, 0.1) is 0 Å². The average Bonchev–Trinajstić information content (AvgIpc) is 2.62. The highest BCUT2D eigenvalue weighted by Gasteiger charge is 2.36. The van der Waals surface area contributed by atoms with E-state index in [2.05, 4.69) is 18.2 Å². The van der Waals surface area contributed by atoms with Crippen molar-refractivity contribution in [2.75, 3.05) is 13.1 Å². The van der Waals surface area contributed by atoms with E-state index < -0.39 is 0 Å². The molecule has 0 atom stereocenters. The van der Waals surface area contributed by atoms with Gasteiger partial charge in [-0.2, -0.15) is 0 Å². The molecular formula is C9H15N. The molecule has 0 amide bonds. The standard InChI is InChI=1S/C9H15N/c1-3-4-7-10-8-9(2)5-6-9/h1,10H,4-8H2,2H3. The van der Waals surface area contributed by atoms with Gasteiger partial charge in [0.15, 0.2) is 0 Å². The van der Waals surface area contributed by atoms with Gasteiger partial charge in [0.2, 0.25) is 0 Å². The Morgan fingerprint density at radius 2 is 2.30 bits per heavy atom. The summed E-state index contributed by atoms with van der Waals surface area (Å²) in [5.41, 5.74) is 0.620. The van der Waals surface area contributed by atoms with Crippen LogP contribution in [0, 0.1) is 17.8 Å². The van der Waals surface area contributed by atoms with Gasteiger partial charge in [0.1, 0.15) is 0 Å². The summed E-state index contributed by atoms with van der Waals surface area (Å²) < 4.78 is 0. The summed E-state index contributed by atoms with van der Waals surface area (Å²) in [5.74, 6) is 2.61. The molecule has 56 valence electrons. The molecule has 0 aliphatic heterocycles. The van der Waals surface area contributed by atoms with Crippen LogP contribution in [0.2, 0.25) is 0 Å². The fourth-order valence-electron chi connectivity index (χ4n) is 0.941. The highest BCUT2D eigenvalue weighted by molar-refractivity contribution is 4.91. The van der Waals surface area contributed by atoms with Crippen molar-refractivity contribution in [3.8, 4) is 12.3 Å². The Bertz CT molecular complexity index is 139. The second kappa shape index (κ2) is 3.07. The fourth-order valence-corrected chi connectivity index (χ4v) is 0.941. The minimum absolute atomic E-state index is 0.620. The maximum absolute atomic E-state index is 5.10. The van der Waals surface area contributed by atoms with Crippen LogP contribution >= 0.6 is 0 Å². The Labute approximate surface area is 63.2 Å². The average molecular weight is 137 g/mol. The van der Waals surface area contributed by atoms with E-state index in [1.54, 1.807) is 0 Å². The first-order valence-electron chi connectivity index (χ1n) is 3.91. The summed E-state index contributed by atoms with van der Waals surface area (Å²) in [6.07, 6.45) is 8.73. The van der Waals surface area contributed by atoms with Crippen LogP contribution in [0.25, 0.3) is 0 Å². The maximum Gasteiger partial charge on any atom is 0.0211 e. The van der Waals surface area contributed by atoms with E-state index in [-0.39, 0.29) is 0 Å². The van der Waals surface area contributed by atoms with Gasteiger partial charge in [0, 0.05) is 19.5 Å². The Morgan fingerprint density at radius 1 is 1.60 bits per heavy atom. The first kappa shape index (κ1) is 7.63. The molecule has 0 unspecified atom stereocenters. The summed E-state index contributed by atoms with van der Waals surface area (Å²) in [6, 6.07) is 0. The van der Waals surface area contributed by atoms with Gasteiger partial charge in [-0.25, -0.2) is 0 Å². The Hall–Kier alpha value is -0.480. The summed E-state index contributed by atoms with van der Waals surface area (Å²) in [5, 5.41) is 3.35. The molecule has 1 aliphatic rings. The third kappa shape index (κ3) is 2.41. The Morgan fingerprint density at radius 3 is 2.80 bits per heavy atom. The molecule has 1 aliphatic carbocycles. The molecule has 0 bridgehead atoms. The minimum atomic E-state index is 0.620. The van der Waals surface area contributed by atoms with E-state index in [0.29, 0.717) is 5.41 Å². The normalized spacial score (nSPS) is 20.0. The molecule has 0 aromatic carbocycles. The van der Waals surface area contributed by atoms with Crippen LogP contribution in [0.4, 0.5) is 0 Å². The van der Waals surface area contributed by atoms with Gasteiger partial charge < -0.3 is 5.32 Å². The summed E-state index contributed by atoms with van der Waals surface area (Å²) in [6.45, 7) is 4.44. The van der Waals surface area contributed by atoms with Crippen LogP contribution in [0.15, 0.2) is 0 Å². The van der Waals surface area contributed by atoms with E-state index in [9.17, 15) is 0 Å². The lowest BCUT2D eigenvalue weighted by molar-refractivity contribution is 0.505. The summed E-state index contributed by atoms with van der Waals surface area (Å²) in [7, 11) is 0. The first-order valence-corrected chi connectivity index (χ1v) is 3.91. The molecule has 0 aromatic rings. The first-order chi connectivity index (χ1) is 4.77. The molecule has 1 heteroatoms. The van der Waals surface area contributed by atoms with Crippen LogP contribution in [0.5, 0.6) is 0 Å². The third-order valence-corrected chi connectivity index (χ3v) is 2.10. The third-order valence-electron chi connectivity index (χ3n) is 2.10. The number of nitrogens with one attached hydrogen (secondary N) is 1. The lowest BCUT2D eigenvalue weighted by Crippen LogP contribution is -2.22. The second-order valence-electron chi connectivity index (χ2n) is 3.44. The topological polar surface area (TPSA) is 12.0 Å². The predicted octanol–water partition coefficient (Wildman–Crippen LogP) is 1.40. The highest BCUT2D eigenvalue weighted by atomic mass is 14.9. The van der Waals surface area contributed by atoms with Crippen molar-refractivity contribution in [3.63, 3.8) is 0 Å². The molecule has 0 radical (unpaired) electrons. The van der Waals surface area contributed by atoms with Crippen LogP contribution < -0.4 is 5.32 Å². The Balaban J connectivity index is 1.92. The smallest absolute Gasteiger partial charge is 0.0211 e. The van der Waals surface area contributed by atoms with Gasteiger partial charge in [-0.15, -0.1) is 12.3 Å². The molecule has 0 heterocycles. The molecule has 0 saturated heterocycles. The second-order valence-corrected chi connectivity index (χ2v) is 3.44. The maximum atomic E-state index is 5.10. The molecule has 10 heavy (non-hydrogen) atoms. The molecule has 1 nitrogen and oxygen atoms in total. The van der Waals surface area contributed by atoms with Crippen molar-refractivity contribution >= 4 is 0 Å². The predicted molar refractivity (Wildman–Crippen MR) is 43.7 cm³/mol. The number of terminal acetylenes is 1. The number of hydrogen-bond acceptors (Lipinski definition) is 1. The molecule has 1 fully saturated rings. The van der Waals surface area contributed by atoms with Crippen LogP contribution in [-0.4, -0.2) is 13.1 Å². The highest BCUT2D eigenvalue weighted by Crippen LogP contribution is 2.43. The SMILES string of the molecule is C#CCCNCC1(C)CC1. The van der Waals surface area contributed by atoms with E-state index in [4.69, 9.17) is 6.42 Å². The van der Waals surface area contributed by atoms with Gasteiger partial charge in [-0.3, -0.25) is 0 Å². The minimum Gasteiger partial charge on any atom is -0.315 e. The molecular weight excluding hydrogens is 122 g/mol. The van der Waals surface area contributed by atoms with Crippen molar-refractivity contribution in [3.05, 3.63) is 0 Å². The number of hydrogen-bond donors (Lipinski definition) is 1. The summed E-state index contributed by atoms with van der Waals surface area (Å²) >= 11 is 0. The lowest BCUT2D eigenvalue weighted by atomic mass is 10.1. The lowest BCUT2D eigenvalue weighted by Gasteiger charge is -2.07. The van der Waals surface area contributed by atoms with Gasteiger partial charge in [-0.05, 0) is 18.3 Å². The Kier molecular flexibility index (Phi) is 2.34. The van der Waals surface area contributed by atoms with Gasteiger partial charge in [-0.1, -0.05) is 6.92 Å². The zero-order valence-corrected chi connectivity index (χ0v) is 6.61. The van der Waals surface area contributed by atoms with Crippen molar-refractivity contribution in [1.29, 1.82) is 0 Å². The van der Waals surface area contributed by atoms with Crippen molar-refractivity contribution < 1.29 is 0 Å². The van der Waals surface area contributed by atoms with Crippen LogP contribution in [-0.2, 0) is 0 Å². The zero-order chi connectivity index (χ0) is 7.45. The van der Waals surface area contributed by atoms with Crippen molar-refractivity contribution in [1.82, 2.24) is 5.32 Å². The van der Waals surface area contributed by atoms with Gasteiger partial charge >= 0.3 is 0 Å².